The topological polar surface area (TPSA) is 46.9 Å². The molecular weight excluding hydrogens is 389 g/mol. The summed E-state index contributed by atoms with van der Waals surface area (Å²) in [6, 6.07) is 31.3. The number of aromatic nitrogens is 2. The Morgan fingerprint density at radius 1 is 0.806 bits per heavy atom. The molecule has 1 aromatic heterocycles. The second-order valence-corrected chi connectivity index (χ2v) is 7.15. The Hall–Kier alpha value is -4.25. The molecule has 5 aromatic rings. The molecule has 0 fully saturated rings. The Morgan fingerprint density at radius 2 is 1.52 bits per heavy atom. The van der Waals surface area contributed by atoms with Gasteiger partial charge in [-0.25, -0.2) is 9.07 Å². The Labute approximate surface area is 178 Å². The molecule has 0 saturated heterocycles. The van der Waals surface area contributed by atoms with Gasteiger partial charge < -0.3 is 5.32 Å². The maximum Gasteiger partial charge on any atom is 0.276 e. The van der Waals surface area contributed by atoms with Crippen molar-refractivity contribution in [3.05, 3.63) is 115 Å². The third-order valence-corrected chi connectivity index (χ3v) is 5.11. The number of rotatable bonds is 4. The van der Waals surface area contributed by atoms with Crippen molar-refractivity contribution >= 4 is 22.4 Å². The van der Waals surface area contributed by atoms with Crippen molar-refractivity contribution in [2.75, 3.05) is 5.32 Å². The standard InChI is InChI=1S/C26H18FN3O/c27-19-13-15-20(16-14-19)28-26(31)24-17-25(30(29-24)21-9-2-1-3-10-21)23-12-6-8-18-7-4-5-11-22(18)23/h1-17H,(H,28,31). The van der Waals surface area contributed by atoms with Crippen molar-refractivity contribution in [3.8, 4) is 16.9 Å². The summed E-state index contributed by atoms with van der Waals surface area (Å²) in [5.41, 5.74) is 3.43. The first-order valence-corrected chi connectivity index (χ1v) is 9.89. The molecule has 0 aliphatic heterocycles. The summed E-state index contributed by atoms with van der Waals surface area (Å²) in [5.74, 6) is -0.715. The minimum absolute atomic E-state index is 0.274. The summed E-state index contributed by atoms with van der Waals surface area (Å²) in [7, 11) is 0. The fourth-order valence-electron chi connectivity index (χ4n) is 3.63. The van der Waals surface area contributed by atoms with Gasteiger partial charge >= 0.3 is 0 Å². The molecule has 4 nitrogen and oxygen atoms in total. The highest BCUT2D eigenvalue weighted by molar-refractivity contribution is 6.04. The van der Waals surface area contributed by atoms with Crippen LogP contribution in [-0.4, -0.2) is 15.7 Å². The average molecular weight is 407 g/mol. The molecule has 0 bridgehead atoms. The molecule has 1 N–H and O–H groups in total. The summed E-state index contributed by atoms with van der Waals surface area (Å²) in [6.07, 6.45) is 0. The first kappa shape index (κ1) is 18.8. The van der Waals surface area contributed by atoms with Crippen LogP contribution in [0.25, 0.3) is 27.7 Å². The fourth-order valence-corrected chi connectivity index (χ4v) is 3.63. The molecule has 0 aliphatic carbocycles. The van der Waals surface area contributed by atoms with E-state index in [1.54, 1.807) is 10.7 Å². The number of nitrogens with one attached hydrogen (secondary N) is 1. The number of carbonyl (C=O) groups excluding carboxylic acids is 1. The van der Waals surface area contributed by atoms with E-state index in [-0.39, 0.29) is 17.4 Å². The lowest BCUT2D eigenvalue weighted by molar-refractivity contribution is 0.102. The summed E-state index contributed by atoms with van der Waals surface area (Å²) < 4.78 is 15.0. The van der Waals surface area contributed by atoms with Gasteiger partial charge in [0, 0.05) is 11.3 Å². The molecule has 0 spiro atoms. The SMILES string of the molecule is O=C(Nc1ccc(F)cc1)c1cc(-c2cccc3ccccc23)n(-c2ccccc2)n1. The molecule has 4 aromatic carbocycles. The van der Waals surface area contributed by atoms with E-state index in [1.165, 1.54) is 24.3 Å². The zero-order valence-electron chi connectivity index (χ0n) is 16.5. The number of amides is 1. The van der Waals surface area contributed by atoms with Crippen LogP contribution in [0, 0.1) is 5.82 Å². The molecule has 150 valence electrons. The average Bonchev–Trinajstić information content (AvgIpc) is 3.26. The molecule has 0 saturated carbocycles. The van der Waals surface area contributed by atoms with Crippen molar-refractivity contribution < 1.29 is 9.18 Å². The van der Waals surface area contributed by atoms with Gasteiger partial charge in [-0.3, -0.25) is 4.79 Å². The van der Waals surface area contributed by atoms with Crippen LogP contribution in [0.15, 0.2) is 103 Å². The number of hydrogen-bond acceptors (Lipinski definition) is 2. The number of hydrogen-bond donors (Lipinski definition) is 1. The van der Waals surface area contributed by atoms with Crippen LogP contribution in [0.4, 0.5) is 10.1 Å². The predicted molar refractivity (Wildman–Crippen MR) is 121 cm³/mol. The summed E-state index contributed by atoms with van der Waals surface area (Å²) in [4.78, 5) is 12.9. The van der Waals surface area contributed by atoms with Crippen LogP contribution in [0.3, 0.4) is 0 Å². The van der Waals surface area contributed by atoms with Gasteiger partial charge in [0.1, 0.15) is 5.82 Å². The van der Waals surface area contributed by atoms with E-state index < -0.39 is 0 Å². The molecule has 5 rings (SSSR count). The van der Waals surface area contributed by atoms with E-state index >= 15 is 0 Å². The van der Waals surface area contributed by atoms with Crippen LogP contribution in [-0.2, 0) is 0 Å². The lowest BCUT2D eigenvalue weighted by Gasteiger charge is -2.10. The molecule has 5 heteroatoms. The van der Waals surface area contributed by atoms with Crippen LogP contribution in [0.2, 0.25) is 0 Å². The number of fused-ring (bicyclic) bond motifs is 1. The van der Waals surface area contributed by atoms with Crippen molar-refractivity contribution in [2.24, 2.45) is 0 Å². The maximum absolute atomic E-state index is 13.2. The lowest BCUT2D eigenvalue weighted by Crippen LogP contribution is -2.13. The number of anilines is 1. The fraction of sp³-hybridized carbons (Fsp3) is 0. The van der Waals surface area contributed by atoms with Gasteiger partial charge in [-0.1, -0.05) is 60.7 Å². The summed E-state index contributed by atoms with van der Waals surface area (Å²) in [6.45, 7) is 0. The molecular formula is C26H18FN3O. The van der Waals surface area contributed by atoms with Gasteiger partial charge in [0.05, 0.1) is 11.4 Å². The Morgan fingerprint density at radius 3 is 2.32 bits per heavy atom. The van der Waals surface area contributed by atoms with Gasteiger partial charge in [-0.2, -0.15) is 5.10 Å². The van der Waals surface area contributed by atoms with Crippen LogP contribution < -0.4 is 5.32 Å². The zero-order valence-corrected chi connectivity index (χ0v) is 16.5. The van der Waals surface area contributed by atoms with Gasteiger partial charge in [0.25, 0.3) is 5.91 Å². The van der Waals surface area contributed by atoms with E-state index in [0.29, 0.717) is 5.69 Å². The van der Waals surface area contributed by atoms with Crippen LogP contribution in [0.1, 0.15) is 10.5 Å². The molecule has 1 heterocycles. The van der Waals surface area contributed by atoms with Crippen molar-refractivity contribution in [2.45, 2.75) is 0 Å². The highest BCUT2D eigenvalue weighted by Crippen LogP contribution is 2.31. The zero-order chi connectivity index (χ0) is 21.2. The Bertz CT molecular complexity index is 1370. The number of para-hydroxylation sites is 1. The van der Waals surface area contributed by atoms with Gasteiger partial charge in [-0.05, 0) is 53.2 Å². The first-order valence-electron chi connectivity index (χ1n) is 9.89. The van der Waals surface area contributed by atoms with E-state index in [9.17, 15) is 9.18 Å². The summed E-state index contributed by atoms with van der Waals surface area (Å²) in [5, 5.41) is 9.58. The Kier molecular flexibility index (Phi) is 4.77. The molecule has 0 radical (unpaired) electrons. The van der Waals surface area contributed by atoms with Crippen LogP contribution >= 0.6 is 0 Å². The number of nitrogens with zero attached hydrogens (tertiary/aromatic N) is 2. The van der Waals surface area contributed by atoms with Crippen LogP contribution in [0.5, 0.6) is 0 Å². The van der Waals surface area contributed by atoms with Gasteiger partial charge in [0.2, 0.25) is 0 Å². The quantitative estimate of drug-likeness (QED) is 0.392. The number of carbonyl (C=O) groups is 1. The molecule has 0 aliphatic rings. The normalized spacial score (nSPS) is 10.9. The second kappa shape index (κ2) is 7.88. The molecule has 1 amide bonds. The molecule has 31 heavy (non-hydrogen) atoms. The van der Waals surface area contributed by atoms with Crippen molar-refractivity contribution in [3.63, 3.8) is 0 Å². The highest BCUT2D eigenvalue weighted by atomic mass is 19.1. The van der Waals surface area contributed by atoms with Crippen molar-refractivity contribution in [1.82, 2.24) is 9.78 Å². The summed E-state index contributed by atoms with van der Waals surface area (Å²) >= 11 is 0. The third kappa shape index (κ3) is 3.69. The maximum atomic E-state index is 13.2. The second-order valence-electron chi connectivity index (χ2n) is 7.15. The van der Waals surface area contributed by atoms with E-state index in [1.807, 2.05) is 54.6 Å². The van der Waals surface area contributed by atoms with E-state index in [2.05, 4.69) is 28.6 Å². The minimum atomic E-state index is -0.359. The monoisotopic (exact) mass is 407 g/mol. The third-order valence-electron chi connectivity index (χ3n) is 5.11. The largest absolute Gasteiger partial charge is 0.321 e. The first-order chi connectivity index (χ1) is 15.2. The van der Waals surface area contributed by atoms with E-state index in [0.717, 1.165) is 27.7 Å². The minimum Gasteiger partial charge on any atom is -0.321 e. The smallest absolute Gasteiger partial charge is 0.276 e. The lowest BCUT2D eigenvalue weighted by atomic mass is 10.0. The molecule has 0 atom stereocenters. The van der Waals surface area contributed by atoms with Crippen molar-refractivity contribution in [1.29, 1.82) is 0 Å². The van der Waals surface area contributed by atoms with E-state index in [4.69, 9.17) is 0 Å². The predicted octanol–water partition coefficient (Wildman–Crippen LogP) is 6.08. The van der Waals surface area contributed by atoms with Gasteiger partial charge in [-0.15, -0.1) is 0 Å². The number of benzene rings is 4. The number of halogens is 1. The molecule has 0 unspecified atom stereocenters. The Balaban J connectivity index is 1.62. The highest BCUT2D eigenvalue weighted by Gasteiger charge is 2.18. The van der Waals surface area contributed by atoms with Gasteiger partial charge in [0.15, 0.2) is 5.69 Å².